The molecule has 0 heterocycles. The van der Waals surface area contributed by atoms with Gasteiger partial charge in [-0.1, -0.05) is 47.5 Å². The van der Waals surface area contributed by atoms with E-state index >= 15 is 0 Å². The molecule has 0 aliphatic heterocycles. The Morgan fingerprint density at radius 3 is 2.65 bits per heavy atom. The van der Waals surface area contributed by atoms with Crippen LogP contribution in [0.25, 0.3) is 0 Å². The number of carbonyl (C=O) groups is 1. The van der Waals surface area contributed by atoms with E-state index in [4.69, 9.17) is 27.9 Å². The zero-order valence-corrected chi connectivity index (χ0v) is 14.6. The summed E-state index contributed by atoms with van der Waals surface area (Å²) in [6, 6.07) is 12.8. The third-order valence-electron chi connectivity index (χ3n) is 3.62. The molecule has 1 N–H and O–H groups in total. The lowest BCUT2D eigenvalue weighted by atomic mass is 10.1. The van der Waals surface area contributed by atoms with E-state index in [9.17, 15) is 4.79 Å². The lowest BCUT2D eigenvalue weighted by molar-refractivity contribution is -0.121. The van der Waals surface area contributed by atoms with Crippen LogP contribution in [-0.4, -0.2) is 13.0 Å². The molecule has 0 saturated carbocycles. The van der Waals surface area contributed by atoms with E-state index in [-0.39, 0.29) is 11.9 Å². The molecule has 1 atom stereocenters. The molecule has 0 aliphatic carbocycles. The van der Waals surface area contributed by atoms with Crippen molar-refractivity contribution in [3.63, 3.8) is 0 Å². The molecule has 0 aromatic heterocycles. The molecule has 0 radical (unpaired) electrons. The SMILES string of the molecule is COc1ccccc1CCC(=O)NC(C)c1ccc(Cl)cc1Cl. The molecule has 23 heavy (non-hydrogen) atoms. The number of aryl methyl sites for hydroxylation is 1. The maximum atomic E-state index is 12.2. The van der Waals surface area contributed by atoms with E-state index in [1.54, 1.807) is 19.2 Å². The quantitative estimate of drug-likeness (QED) is 0.810. The summed E-state index contributed by atoms with van der Waals surface area (Å²) in [6.45, 7) is 1.90. The highest BCUT2D eigenvalue weighted by Gasteiger charge is 2.13. The van der Waals surface area contributed by atoms with Gasteiger partial charge in [-0.15, -0.1) is 0 Å². The van der Waals surface area contributed by atoms with Gasteiger partial charge in [0.2, 0.25) is 5.91 Å². The summed E-state index contributed by atoms with van der Waals surface area (Å²) in [5, 5.41) is 4.09. The van der Waals surface area contributed by atoms with Gasteiger partial charge >= 0.3 is 0 Å². The van der Waals surface area contributed by atoms with Crippen molar-refractivity contribution in [2.75, 3.05) is 7.11 Å². The lowest BCUT2D eigenvalue weighted by Crippen LogP contribution is -2.27. The van der Waals surface area contributed by atoms with Crippen LogP contribution in [0.1, 0.15) is 30.5 Å². The number of halogens is 2. The molecule has 0 saturated heterocycles. The molecular weight excluding hydrogens is 333 g/mol. The van der Waals surface area contributed by atoms with Crippen LogP contribution in [0, 0.1) is 0 Å². The van der Waals surface area contributed by atoms with Crippen molar-refractivity contribution >= 4 is 29.1 Å². The summed E-state index contributed by atoms with van der Waals surface area (Å²) in [6.07, 6.45) is 1.01. The van der Waals surface area contributed by atoms with Gasteiger partial charge in [0.05, 0.1) is 13.2 Å². The van der Waals surface area contributed by atoms with Crippen LogP contribution in [0.3, 0.4) is 0 Å². The zero-order chi connectivity index (χ0) is 16.8. The Kier molecular flexibility index (Phi) is 6.31. The highest BCUT2D eigenvalue weighted by molar-refractivity contribution is 6.35. The third kappa shape index (κ3) is 4.88. The fourth-order valence-corrected chi connectivity index (χ4v) is 2.97. The number of methoxy groups -OCH3 is 1. The number of para-hydroxylation sites is 1. The molecule has 2 rings (SSSR count). The molecule has 1 unspecified atom stereocenters. The summed E-state index contributed by atoms with van der Waals surface area (Å²) >= 11 is 12.1. The average molecular weight is 352 g/mol. The molecular formula is C18H19Cl2NO2. The first-order chi connectivity index (χ1) is 11.0. The van der Waals surface area contributed by atoms with Crippen LogP contribution in [0.4, 0.5) is 0 Å². The Balaban J connectivity index is 1.94. The van der Waals surface area contributed by atoms with Crippen LogP contribution in [0.2, 0.25) is 10.0 Å². The highest BCUT2D eigenvalue weighted by atomic mass is 35.5. The molecule has 5 heteroatoms. The van der Waals surface area contributed by atoms with Gasteiger partial charge in [-0.3, -0.25) is 4.79 Å². The summed E-state index contributed by atoms with van der Waals surface area (Å²) < 4.78 is 5.29. The number of rotatable bonds is 6. The van der Waals surface area contributed by atoms with Crippen LogP contribution in [0.5, 0.6) is 5.75 Å². The minimum Gasteiger partial charge on any atom is -0.496 e. The fraction of sp³-hybridized carbons (Fsp3) is 0.278. The Labute approximate surface area is 146 Å². The van der Waals surface area contributed by atoms with E-state index in [0.717, 1.165) is 16.9 Å². The molecule has 3 nitrogen and oxygen atoms in total. The number of benzene rings is 2. The maximum absolute atomic E-state index is 12.2. The Bertz CT molecular complexity index is 688. The van der Waals surface area contributed by atoms with Crippen LogP contribution in [0.15, 0.2) is 42.5 Å². The summed E-state index contributed by atoms with van der Waals surface area (Å²) in [4.78, 5) is 12.2. The Morgan fingerprint density at radius 2 is 1.96 bits per heavy atom. The van der Waals surface area contributed by atoms with E-state index < -0.39 is 0 Å². The molecule has 0 bridgehead atoms. The third-order valence-corrected chi connectivity index (χ3v) is 4.18. The first kappa shape index (κ1) is 17.6. The van der Waals surface area contributed by atoms with Gasteiger partial charge < -0.3 is 10.1 Å². The standard InChI is InChI=1S/C18H19Cl2NO2/c1-12(15-9-8-14(19)11-16(15)20)21-18(22)10-7-13-5-3-4-6-17(13)23-2/h3-6,8-9,11-12H,7,10H2,1-2H3,(H,21,22). The summed E-state index contributed by atoms with van der Waals surface area (Å²) in [7, 11) is 1.63. The normalized spacial score (nSPS) is 11.8. The van der Waals surface area contributed by atoms with Crippen molar-refractivity contribution in [3.05, 3.63) is 63.6 Å². The molecule has 0 fully saturated rings. The lowest BCUT2D eigenvalue weighted by Gasteiger charge is -2.16. The van der Waals surface area contributed by atoms with Gasteiger partial charge in [0.1, 0.15) is 5.75 Å². The molecule has 2 aromatic carbocycles. The van der Waals surface area contributed by atoms with E-state index in [1.807, 2.05) is 37.3 Å². The predicted octanol–water partition coefficient (Wildman–Crippen LogP) is 4.81. The van der Waals surface area contributed by atoms with E-state index in [1.165, 1.54) is 0 Å². The van der Waals surface area contributed by atoms with Gasteiger partial charge in [-0.25, -0.2) is 0 Å². The summed E-state index contributed by atoms with van der Waals surface area (Å²) in [5.74, 6) is 0.767. The van der Waals surface area contributed by atoms with Crippen molar-refractivity contribution in [1.82, 2.24) is 5.32 Å². The van der Waals surface area contributed by atoms with E-state index in [2.05, 4.69) is 5.32 Å². The molecule has 122 valence electrons. The van der Waals surface area contributed by atoms with Crippen molar-refractivity contribution < 1.29 is 9.53 Å². The second-order valence-corrected chi connectivity index (χ2v) is 6.11. The minimum atomic E-state index is -0.176. The smallest absolute Gasteiger partial charge is 0.220 e. The largest absolute Gasteiger partial charge is 0.496 e. The molecule has 0 aliphatic rings. The van der Waals surface area contributed by atoms with Crippen molar-refractivity contribution in [2.24, 2.45) is 0 Å². The van der Waals surface area contributed by atoms with Crippen molar-refractivity contribution in [2.45, 2.75) is 25.8 Å². The Morgan fingerprint density at radius 1 is 1.22 bits per heavy atom. The van der Waals surface area contributed by atoms with Gasteiger partial charge in [0.15, 0.2) is 0 Å². The van der Waals surface area contributed by atoms with Crippen LogP contribution < -0.4 is 10.1 Å². The number of nitrogens with one attached hydrogen (secondary N) is 1. The molecule has 0 spiro atoms. The Hall–Kier alpha value is -1.71. The van der Waals surface area contributed by atoms with Gasteiger partial charge in [-0.05, 0) is 42.7 Å². The fourth-order valence-electron chi connectivity index (χ4n) is 2.40. The number of amides is 1. The van der Waals surface area contributed by atoms with Crippen molar-refractivity contribution in [1.29, 1.82) is 0 Å². The maximum Gasteiger partial charge on any atom is 0.220 e. The second kappa shape index (κ2) is 8.23. The van der Waals surface area contributed by atoms with Gasteiger partial charge in [-0.2, -0.15) is 0 Å². The monoisotopic (exact) mass is 351 g/mol. The second-order valence-electron chi connectivity index (χ2n) is 5.27. The first-order valence-corrected chi connectivity index (χ1v) is 8.13. The molecule has 2 aromatic rings. The summed E-state index contributed by atoms with van der Waals surface area (Å²) in [5.41, 5.74) is 1.86. The average Bonchev–Trinajstić information content (AvgIpc) is 2.53. The van der Waals surface area contributed by atoms with Crippen molar-refractivity contribution in [3.8, 4) is 5.75 Å². The highest BCUT2D eigenvalue weighted by Crippen LogP contribution is 2.26. The number of hydrogen-bond acceptors (Lipinski definition) is 2. The number of ether oxygens (including phenoxy) is 1. The van der Waals surface area contributed by atoms with Crippen LogP contribution in [-0.2, 0) is 11.2 Å². The van der Waals surface area contributed by atoms with Crippen LogP contribution >= 0.6 is 23.2 Å². The molecule has 1 amide bonds. The number of hydrogen-bond donors (Lipinski definition) is 1. The van der Waals surface area contributed by atoms with E-state index in [0.29, 0.717) is 22.9 Å². The zero-order valence-electron chi connectivity index (χ0n) is 13.1. The minimum absolute atomic E-state index is 0.0329. The van der Waals surface area contributed by atoms with Gasteiger partial charge in [0.25, 0.3) is 0 Å². The topological polar surface area (TPSA) is 38.3 Å². The van der Waals surface area contributed by atoms with Gasteiger partial charge in [0, 0.05) is 16.5 Å². The predicted molar refractivity (Wildman–Crippen MR) is 94.3 cm³/mol. The first-order valence-electron chi connectivity index (χ1n) is 7.37. The number of carbonyl (C=O) groups excluding carboxylic acids is 1.